The largest absolute Gasteiger partial charge is 0.508 e. The molecule has 2 heterocycles. The van der Waals surface area contributed by atoms with Crippen molar-refractivity contribution in [1.29, 1.82) is 0 Å². The van der Waals surface area contributed by atoms with Gasteiger partial charge in [0.25, 0.3) is 0 Å². The van der Waals surface area contributed by atoms with Crippen molar-refractivity contribution in [2.75, 3.05) is 52.4 Å². The number of primary amides is 1. The number of aliphatic imine (C=N–C) groups is 3. The summed E-state index contributed by atoms with van der Waals surface area (Å²) in [6.07, 6.45) is 1.69. The van der Waals surface area contributed by atoms with Gasteiger partial charge in [-0.3, -0.25) is 82.1 Å². The molecule has 2 aromatic rings. The van der Waals surface area contributed by atoms with E-state index in [0.29, 0.717) is 49.8 Å². The Morgan fingerprint density at radius 2 is 1.05 bits per heavy atom. The minimum Gasteiger partial charge on any atom is -0.508 e. The average molecular weight is 1640 g/mol. The number of nitrogens with two attached hydrogens (primary N) is 10. The first-order valence-electron chi connectivity index (χ1n) is 40.0. The third kappa shape index (κ3) is 36.5. The molecular formula is C76H126N26O15. The van der Waals surface area contributed by atoms with Crippen LogP contribution in [0.15, 0.2) is 69.6 Å². The van der Waals surface area contributed by atoms with Gasteiger partial charge in [0.05, 0.1) is 19.0 Å². The molecule has 33 N–H and O–H groups in total. The van der Waals surface area contributed by atoms with Gasteiger partial charge in [-0.2, -0.15) is 0 Å². The number of aromatic hydroxyl groups is 1. The van der Waals surface area contributed by atoms with Gasteiger partial charge in [0, 0.05) is 39.1 Å². The number of carbonyl (C=O) groups is 14. The van der Waals surface area contributed by atoms with E-state index in [4.69, 9.17) is 57.3 Å². The normalized spacial score (nSPS) is 18.3. The predicted octanol–water partition coefficient (Wildman–Crippen LogP) is -6.24. The summed E-state index contributed by atoms with van der Waals surface area (Å²) in [5, 5.41) is 41.8. The number of nitrogens with zero attached hydrogens (tertiary/aromatic N) is 4. The number of carbonyl (C=O) groups excluding carboxylic acids is 14. The number of likely N-dealkylation sites (tertiary alicyclic amines) is 1. The molecule has 2 aliphatic rings. The smallest absolute Gasteiger partial charge is 0.245 e. The molecule has 2 aromatic carbocycles. The highest BCUT2D eigenvalue weighted by Gasteiger charge is 2.42. The molecule has 41 heteroatoms. The van der Waals surface area contributed by atoms with E-state index < -0.39 is 174 Å². The molecular weight excluding hydrogens is 1520 g/mol. The van der Waals surface area contributed by atoms with Gasteiger partial charge in [-0.15, -0.1) is 0 Å². The van der Waals surface area contributed by atoms with Crippen LogP contribution in [0.25, 0.3) is 0 Å². The molecule has 4 rings (SSSR count). The monoisotopic (exact) mass is 1640 g/mol. The zero-order chi connectivity index (χ0) is 86.7. The maximum absolute atomic E-state index is 15.1. The molecule has 2 saturated heterocycles. The van der Waals surface area contributed by atoms with Gasteiger partial charge in [0.1, 0.15) is 72.2 Å². The lowest BCUT2D eigenvalue weighted by Gasteiger charge is -2.32. The Morgan fingerprint density at radius 3 is 1.61 bits per heavy atom. The number of benzene rings is 2. The van der Waals surface area contributed by atoms with Crippen LogP contribution in [0.3, 0.4) is 0 Å². The summed E-state index contributed by atoms with van der Waals surface area (Å²) < 4.78 is 0. The summed E-state index contributed by atoms with van der Waals surface area (Å²) in [5.74, 6) is -13.2. The molecule has 2 aliphatic heterocycles. The summed E-state index contributed by atoms with van der Waals surface area (Å²) >= 11 is 0. The van der Waals surface area contributed by atoms with Gasteiger partial charge in [-0.25, -0.2) is 0 Å². The Bertz CT molecular complexity index is 3690. The van der Waals surface area contributed by atoms with E-state index in [9.17, 15) is 53.1 Å². The molecule has 650 valence electrons. The quantitative estimate of drug-likeness (QED) is 0.0167. The topological polar surface area (TPSA) is 704 Å². The van der Waals surface area contributed by atoms with E-state index in [0.717, 1.165) is 0 Å². The van der Waals surface area contributed by atoms with E-state index in [1.54, 1.807) is 56.3 Å². The van der Waals surface area contributed by atoms with Gasteiger partial charge < -0.3 is 131 Å². The van der Waals surface area contributed by atoms with Crippen molar-refractivity contribution in [2.45, 2.75) is 235 Å². The minimum atomic E-state index is -1.56. The molecule has 0 bridgehead atoms. The van der Waals surface area contributed by atoms with Crippen molar-refractivity contribution in [2.24, 2.45) is 84.1 Å². The second kappa shape index (κ2) is 52.2. The summed E-state index contributed by atoms with van der Waals surface area (Å²) in [6, 6.07) is -1.83. The number of rotatable bonds is 46. The first kappa shape index (κ1) is 97.9. The number of unbranched alkanes of at least 4 members (excludes halogenated alkanes) is 2. The lowest BCUT2D eigenvalue weighted by atomic mass is 9.96. The first-order chi connectivity index (χ1) is 55.6. The summed E-state index contributed by atoms with van der Waals surface area (Å²) in [6.45, 7) is 6.69. The second-order valence-electron chi connectivity index (χ2n) is 29.7. The molecule has 0 aromatic heterocycles. The number of guanidine groups is 3. The molecule has 0 unspecified atom stereocenters. The lowest BCUT2D eigenvalue weighted by Crippen LogP contribution is -2.61. The fourth-order valence-corrected chi connectivity index (χ4v) is 13.0. The Morgan fingerprint density at radius 1 is 0.538 bits per heavy atom. The molecule has 2 fully saturated rings. The maximum atomic E-state index is 15.1. The SMILES string of the molecule is CC[C@H](C)[C@H](NC(=O)[C@H](CCCN=C(N)N)NC(=O)[C@H](CCCN=C(N)N)NC(=O)[C@@H]1CCCNC(=O)C[C@@H](NC(=O)[C@@H](N)Cc2ccc(O)cc2)C(=O)NCC(=O)N[C@@H](Cc2ccccc2)C(=O)N1)C(=O)N[C@@H](CCCN=C(N)N)C(=O)N1CCC[C@H]1C(=O)N[C@@H](CCCCN)C(=O)N[C@@H](CC(C)C)C(=O)N[C@@H](CCCCN)C(N)=O. The molecule has 117 heavy (non-hydrogen) atoms. The van der Waals surface area contributed by atoms with Crippen LogP contribution in [0.4, 0.5) is 0 Å². The summed E-state index contributed by atoms with van der Waals surface area (Å²) in [4.78, 5) is 213. The Labute approximate surface area is 681 Å². The third-order valence-corrected chi connectivity index (χ3v) is 19.6. The summed E-state index contributed by atoms with van der Waals surface area (Å²) in [5.41, 5.74) is 58.5. The van der Waals surface area contributed by atoms with E-state index in [1.807, 2.05) is 13.8 Å². The molecule has 0 saturated carbocycles. The number of phenols is 1. The van der Waals surface area contributed by atoms with E-state index >= 15 is 19.2 Å². The van der Waals surface area contributed by atoms with Gasteiger partial charge in [0.2, 0.25) is 82.7 Å². The molecule has 0 spiro atoms. The molecule has 14 amide bonds. The molecule has 13 atom stereocenters. The molecule has 0 radical (unpaired) electrons. The molecule has 0 aliphatic carbocycles. The number of hydrogen-bond donors (Lipinski definition) is 23. The van der Waals surface area contributed by atoms with Crippen LogP contribution in [0.1, 0.15) is 161 Å². The standard InChI is InChI=1S/C76H126N26O15/c1-5-44(4)61(72(116)98-54(25-16-36-90-76(85)86)73(117)102-37-17-26-58(102)71(115)97-50(21-10-12-32-78)67(111)100-55(38-43(2)3)69(113)93-49(62(80)106)20-9-11-31-77)101-68(112)53(24-15-35-89-75(83)84)95-65(109)51(23-14-34-88-74(81)82)94-66(110)52-22-13-33-87-59(104)41-57(99-63(107)48(79)39-46-27-29-47(103)30-28-46)64(108)91-42-60(105)92-56(70(114)96-52)40-45-18-7-6-8-19-45/h6-8,18-19,27-30,43-44,48-58,61,103H,5,9-17,20-26,31-42,77-79H2,1-4H3,(H2,80,106)(H,87,104)(H,91,108)(H,92,105)(H,93,113)(H,94,110)(H,95,109)(H,96,114)(H,97,115)(H,98,116)(H,99,107)(H,100,111)(H,101,112)(H4,81,82,88)(H4,83,84,89)(H4,85,86,90)/t44-,48-,49-,50-,51-,52-,53-,54-,55-,56-,57+,58-,61-/m0/s1. The van der Waals surface area contributed by atoms with Crippen LogP contribution in [0.5, 0.6) is 5.75 Å². The van der Waals surface area contributed by atoms with Crippen LogP contribution >= 0.6 is 0 Å². The number of hydrogen-bond acceptors (Lipinski definition) is 21. The van der Waals surface area contributed by atoms with Crippen molar-refractivity contribution < 1.29 is 72.2 Å². The van der Waals surface area contributed by atoms with Crippen LogP contribution in [0.2, 0.25) is 0 Å². The van der Waals surface area contributed by atoms with E-state index in [2.05, 4.69) is 78.8 Å². The fourth-order valence-electron chi connectivity index (χ4n) is 13.0. The Kier molecular flexibility index (Phi) is 43.6. The van der Waals surface area contributed by atoms with Crippen LogP contribution < -0.4 is 121 Å². The highest BCUT2D eigenvalue weighted by molar-refractivity contribution is 6.00. The number of amides is 14. The van der Waals surface area contributed by atoms with Gasteiger partial charge in [0.15, 0.2) is 17.9 Å². The zero-order valence-corrected chi connectivity index (χ0v) is 67.5. The highest BCUT2D eigenvalue weighted by Crippen LogP contribution is 2.23. The van der Waals surface area contributed by atoms with Crippen LogP contribution in [-0.4, -0.2) is 235 Å². The Balaban J connectivity index is 1.68. The predicted molar refractivity (Wildman–Crippen MR) is 437 cm³/mol. The van der Waals surface area contributed by atoms with Crippen molar-refractivity contribution in [3.63, 3.8) is 0 Å². The average Bonchev–Trinajstić information content (AvgIpc) is 1.76. The second-order valence-corrected chi connectivity index (χ2v) is 29.7. The zero-order valence-electron chi connectivity index (χ0n) is 67.5. The summed E-state index contributed by atoms with van der Waals surface area (Å²) in [7, 11) is 0. The van der Waals surface area contributed by atoms with Crippen LogP contribution in [-0.2, 0) is 80.0 Å². The minimum absolute atomic E-state index is 0.00175. The highest BCUT2D eigenvalue weighted by atomic mass is 16.3. The van der Waals surface area contributed by atoms with Gasteiger partial charge in [-0.05, 0) is 164 Å². The number of phenolic OH excluding ortho intramolecular Hbond substituents is 1. The van der Waals surface area contributed by atoms with Crippen molar-refractivity contribution in [3.8, 4) is 5.75 Å². The van der Waals surface area contributed by atoms with E-state index in [-0.39, 0.29) is 165 Å². The Hall–Kier alpha value is -11.5. The van der Waals surface area contributed by atoms with Crippen molar-refractivity contribution >= 4 is 101 Å². The third-order valence-electron chi connectivity index (χ3n) is 19.6. The van der Waals surface area contributed by atoms with Crippen molar-refractivity contribution in [1.82, 2.24) is 68.7 Å². The van der Waals surface area contributed by atoms with Crippen molar-refractivity contribution in [3.05, 3.63) is 65.7 Å². The first-order valence-corrected chi connectivity index (χ1v) is 40.0. The fraction of sp³-hybridized carbons (Fsp3) is 0.618. The number of nitrogens with one attached hydrogen (secondary N) is 12. The van der Waals surface area contributed by atoms with Gasteiger partial charge in [-0.1, -0.05) is 76.6 Å². The van der Waals surface area contributed by atoms with Crippen LogP contribution in [0, 0.1) is 11.8 Å². The lowest BCUT2D eigenvalue weighted by molar-refractivity contribution is -0.143. The maximum Gasteiger partial charge on any atom is 0.245 e. The van der Waals surface area contributed by atoms with Gasteiger partial charge >= 0.3 is 0 Å². The molecule has 41 nitrogen and oxygen atoms in total. The van der Waals surface area contributed by atoms with E-state index in [1.165, 1.54) is 17.0 Å².